The molecule has 3 rings (SSSR count). The third-order valence-corrected chi connectivity index (χ3v) is 3.50. The highest BCUT2D eigenvalue weighted by atomic mass is 16.1. The first-order chi connectivity index (χ1) is 9.95. The van der Waals surface area contributed by atoms with E-state index in [9.17, 15) is 4.79 Å². The van der Waals surface area contributed by atoms with Crippen LogP contribution in [0.25, 0.3) is 22.0 Å². The van der Waals surface area contributed by atoms with Gasteiger partial charge < -0.3 is 4.98 Å². The second-order valence-corrected chi connectivity index (χ2v) is 6.14. The molecule has 0 radical (unpaired) electrons. The zero-order valence-corrected chi connectivity index (χ0v) is 12.3. The van der Waals surface area contributed by atoms with Crippen molar-refractivity contribution in [3.63, 3.8) is 0 Å². The predicted molar refractivity (Wildman–Crippen MR) is 84.3 cm³/mol. The summed E-state index contributed by atoms with van der Waals surface area (Å²) in [7, 11) is 0. The number of aromatic nitrogens is 3. The lowest BCUT2D eigenvalue weighted by Gasteiger charge is -2.18. The summed E-state index contributed by atoms with van der Waals surface area (Å²) in [5, 5.41) is 0.601. The average molecular weight is 279 g/mol. The number of nitrogens with zero attached hydrogens (tertiary/aromatic N) is 2. The Morgan fingerprint density at radius 3 is 2.52 bits per heavy atom. The van der Waals surface area contributed by atoms with Crippen molar-refractivity contribution in [2.75, 3.05) is 0 Å². The first-order valence-corrected chi connectivity index (χ1v) is 6.89. The molecule has 4 nitrogen and oxygen atoms in total. The van der Waals surface area contributed by atoms with Gasteiger partial charge in [0, 0.05) is 17.3 Å². The molecule has 1 aromatic carbocycles. The normalized spacial score (nSPS) is 11.8. The topological polar surface area (TPSA) is 58.6 Å². The highest BCUT2D eigenvalue weighted by Crippen LogP contribution is 2.26. The van der Waals surface area contributed by atoms with Crippen LogP contribution in [0.3, 0.4) is 0 Å². The molecule has 4 heteroatoms. The molecule has 0 saturated carbocycles. The molecule has 0 aliphatic heterocycles. The molecule has 2 aromatic heterocycles. The van der Waals surface area contributed by atoms with E-state index in [1.165, 1.54) is 6.33 Å². The van der Waals surface area contributed by atoms with Crippen LogP contribution in [0.4, 0.5) is 0 Å². The van der Waals surface area contributed by atoms with E-state index >= 15 is 0 Å². The van der Waals surface area contributed by atoms with Crippen molar-refractivity contribution < 1.29 is 0 Å². The second kappa shape index (κ2) is 4.81. The number of H-pyrrole nitrogens is 1. The maximum Gasteiger partial charge on any atom is 0.258 e. The van der Waals surface area contributed by atoms with E-state index in [-0.39, 0.29) is 11.0 Å². The number of hydrogen-bond donors (Lipinski definition) is 1. The summed E-state index contributed by atoms with van der Waals surface area (Å²) in [4.78, 5) is 23.1. The van der Waals surface area contributed by atoms with Crippen LogP contribution in [0, 0.1) is 0 Å². The van der Waals surface area contributed by atoms with Gasteiger partial charge >= 0.3 is 0 Å². The van der Waals surface area contributed by atoms with Crippen LogP contribution in [-0.2, 0) is 5.41 Å². The van der Waals surface area contributed by atoms with Crippen molar-refractivity contribution in [1.29, 1.82) is 0 Å². The van der Waals surface area contributed by atoms with Gasteiger partial charge in [-0.25, -0.2) is 4.98 Å². The third kappa shape index (κ3) is 2.57. The van der Waals surface area contributed by atoms with E-state index in [1.807, 2.05) is 30.5 Å². The molecular formula is C17H17N3O. The van der Waals surface area contributed by atoms with Crippen molar-refractivity contribution in [1.82, 2.24) is 15.0 Å². The van der Waals surface area contributed by atoms with Gasteiger partial charge in [0.25, 0.3) is 5.56 Å². The van der Waals surface area contributed by atoms with E-state index in [4.69, 9.17) is 0 Å². The molecule has 3 aromatic rings. The monoisotopic (exact) mass is 279 g/mol. The quantitative estimate of drug-likeness (QED) is 0.743. The van der Waals surface area contributed by atoms with Gasteiger partial charge in [0.05, 0.1) is 17.2 Å². The van der Waals surface area contributed by atoms with Crippen LogP contribution in [0.1, 0.15) is 26.5 Å². The third-order valence-electron chi connectivity index (χ3n) is 3.50. The van der Waals surface area contributed by atoms with E-state index in [0.717, 1.165) is 16.8 Å². The van der Waals surface area contributed by atoms with E-state index in [0.29, 0.717) is 10.9 Å². The number of hydrogen-bond acceptors (Lipinski definition) is 3. The van der Waals surface area contributed by atoms with E-state index in [2.05, 4.69) is 41.8 Å². The molecule has 0 atom stereocenters. The Kier molecular flexibility index (Phi) is 3.09. The van der Waals surface area contributed by atoms with Gasteiger partial charge in [0.2, 0.25) is 0 Å². The highest BCUT2D eigenvalue weighted by Gasteiger charge is 2.16. The fourth-order valence-corrected chi connectivity index (χ4v) is 2.27. The molecule has 21 heavy (non-hydrogen) atoms. The minimum Gasteiger partial charge on any atom is -0.313 e. The fraction of sp³-hybridized carbons (Fsp3) is 0.235. The number of aromatic amines is 1. The van der Waals surface area contributed by atoms with Crippen LogP contribution < -0.4 is 5.56 Å². The Balaban J connectivity index is 2.17. The first-order valence-electron chi connectivity index (χ1n) is 6.89. The molecule has 0 bridgehead atoms. The van der Waals surface area contributed by atoms with E-state index in [1.54, 1.807) is 0 Å². The van der Waals surface area contributed by atoms with Crippen molar-refractivity contribution in [3.8, 4) is 11.1 Å². The lowest BCUT2D eigenvalue weighted by Crippen LogP contribution is -2.13. The van der Waals surface area contributed by atoms with Crippen LogP contribution in [0.15, 0.2) is 47.7 Å². The van der Waals surface area contributed by atoms with Gasteiger partial charge in [-0.1, -0.05) is 26.8 Å². The molecule has 0 unspecified atom stereocenters. The highest BCUT2D eigenvalue weighted by molar-refractivity contribution is 5.83. The average Bonchev–Trinajstić information content (AvgIpc) is 2.47. The van der Waals surface area contributed by atoms with Gasteiger partial charge in [-0.15, -0.1) is 0 Å². The Morgan fingerprint density at radius 1 is 1.00 bits per heavy atom. The fourth-order valence-electron chi connectivity index (χ4n) is 2.27. The molecule has 0 amide bonds. The number of pyridine rings is 1. The van der Waals surface area contributed by atoms with Crippen LogP contribution in [-0.4, -0.2) is 15.0 Å². The Labute approximate surface area is 122 Å². The van der Waals surface area contributed by atoms with Crippen molar-refractivity contribution in [2.24, 2.45) is 0 Å². The summed E-state index contributed by atoms with van der Waals surface area (Å²) < 4.78 is 0. The van der Waals surface area contributed by atoms with Crippen LogP contribution >= 0.6 is 0 Å². The number of rotatable bonds is 1. The second-order valence-electron chi connectivity index (χ2n) is 6.14. The van der Waals surface area contributed by atoms with Gasteiger partial charge in [0.1, 0.15) is 0 Å². The number of nitrogens with one attached hydrogen (secondary N) is 1. The van der Waals surface area contributed by atoms with Gasteiger partial charge in [0.15, 0.2) is 0 Å². The molecule has 1 N–H and O–H groups in total. The molecule has 0 fully saturated rings. The van der Waals surface area contributed by atoms with Gasteiger partial charge in [-0.05, 0) is 35.4 Å². The molecule has 0 saturated heterocycles. The van der Waals surface area contributed by atoms with Crippen LogP contribution in [0.5, 0.6) is 0 Å². The molecule has 2 heterocycles. The zero-order valence-electron chi connectivity index (χ0n) is 12.3. The van der Waals surface area contributed by atoms with Gasteiger partial charge in [-0.2, -0.15) is 0 Å². The zero-order chi connectivity index (χ0) is 15.0. The molecule has 0 spiro atoms. The standard InChI is InChI=1S/C17H17N3O/c1-17(2,3)15-9-12(6-7-18-15)11-4-5-14-13(8-11)16(21)20-10-19-14/h4-10H,1-3H3,(H,19,20,21). The van der Waals surface area contributed by atoms with Crippen molar-refractivity contribution >= 4 is 10.9 Å². The summed E-state index contributed by atoms with van der Waals surface area (Å²) in [6.45, 7) is 6.40. The van der Waals surface area contributed by atoms with Crippen molar-refractivity contribution in [3.05, 3.63) is 58.9 Å². The summed E-state index contributed by atoms with van der Waals surface area (Å²) in [5.74, 6) is 0. The smallest absolute Gasteiger partial charge is 0.258 e. The number of fused-ring (bicyclic) bond motifs is 1. The summed E-state index contributed by atoms with van der Waals surface area (Å²) in [5.41, 5.74) is 3.65. The lowest BCUT2D eigenvalue weighted by atomic mass is 9.90. The molecule has 0 aliphatic carbocycles. The molecular weight excluding hydrogens is 262 g/mol. The molecule has 106 valence electrons. The largest absolute Gasteiger partial charge is 0.313 e. The van der Waals surface area contributed by atoms with Gasteiger partial charge in [-0.3, -0.25) is 9.78 Å². The lowest BCUT2D eigenvalue weighted by molar-refractivity contribution is 0.569. The Morgan fingerprint density at radius 2 is 1.76 bits per heavy atom. The minimum absolute atomic E-state index is 0.00805. The molecule has 0 aliphatic rings. The SMILES string of the molecule is CC(C)(C)c1cc(-c2ccc3nc[nH]c(=O)c3c2)ccn1. The first kappa shape index (κ1) is 13.5. The maximum atomic E-state index is 11.9. The van der Waals surface area contributed by atoms with Crippen LogP contribution in [0.2, 0.25) is 0 Å². The summed E-state index contributed by atoms with van der Waals surface area (Å²) in [6.07, 6.45) is 3.24. The Hall–Kier alpha value is -2.49. The summed E-state index contributed by atoms with van der Waals surface area (Å²) >= 11 is 0. The maximum absolute atomic E-state index is 11.9. The van der Waals surface area contributed by atoms with E-state index < -0.39 is 0 Å². The summed E-state index contributed by atoms with van der Waals surface area (Å²) in [6, 6.07) is 9.77. The van der Waals surface area contributed by atoms with Crippen molar-refractivity contribution in [2.45, 2.75) is 26.2 Å². The Bertz CT molecular complexity index is 860. The predicted octanol–water partition coefficient (Wildman–Crippen LogP) is 3.28. The minimum atomic E-state index is -0.119. The number of benzene rings is 1.